The topological polar surface area (TPSA) is 15.3 Å². The van der Waals surface area contributed by atoms with Crippen LogP contribution in [0.4, 0.5) is 0 Å². The van der Waals surface area contributed by atoms with Gasteiger partial charge in [0.25, 0.3) is 0 Å². The first kappa shape index (κ1) is 9.33. The first-order chi connectivity index (χ1) is 5.54. The van der Waals surface area contributed by atoms with E-state index in [9.17, 15) is 0 Å². The second-order valence-electron chi connectivity index (χ2n) is 3.78. The van der Waals surface area contributed by atoms with Crippen LogP contribution in [-0.4, -0.2) is 24.0 Å². The van der Waals surface area contributed by atoms with Crippen LogP contribution in [0.3, 0.4) is 0 Å². The lowest BCUT2D eigenvalue weighted by Gasteiger charge is -2.34. The molecule has 0 aromatic heterocycles. The molecule has 12 heavy (non-hydrogen) atoms. The average Bonchev–Trinajstić information content (AvgIpc) is 2.00. The predicted octanol–water partition coefficient (Wildman–Crippen LogP) is 1.72. The Hall–Kier alpha value is -0.760. The van der Waals surface area contributed by atoms with Gasteiger partial charge >= 0.3 is 0 Å². The Labute approximate surface area is 74.9 Å². The van der Waals surface area contributed by atoms with Gasteiger partial charge in [-0.15, -0.1) is 0 Å². The molecule has 0 fully saturated rings. The van der Waals surface area contributed by atoms with Gasteiger partial charge in [0.05, 0.1) is 5.54 Å². The van der Waals surface area contributed by atoms with Crippen molar-refractivity contribution in [3.05, 3.63) is 24.6 Å². The smallest absolute Gasteiger partial charge is 0.0525 e. The maximum Gasteiger partial charge on any atom is 0.0525 e. The van der Waals surface area contributed by atoms with Gasteiger partial charge in [-0.25, -0.2) is 0 Å². The van der Waals surface area contributed by atoms with Crippen molar-refractivity contribution in [1.29, 1.82) is 0 Å². The Morgan fingerprint density at radius 1 is 1.58 bits per heavy atom. The Morgan fingerprint density at radius 2 is 2.25 bits per heavy atom. The fourth-order valence-electron chi connectivity index (χ4n) is 1.33. The lowest BCUT2D eigenvalue weighted by molar-refractivity contribution is 0.361. The molecule has 1 N–H and O–H groups in total. The zero-order chi connectivity index (χ0) is 9.19. The van der Waals surface area contributed by atoms with Gasteiger partial charge in [-0.05, 0) is 33.0 Å². The summed E-state index contributed by atoms with van der Waals surface area (Å²) in [6, 6.07) is 0. The van der Waals surface area contributed by atoms with E-state index in [2.05, 4.69) is 42.9 Å². The molecule has 0 spiro atoms. The maximum absolute atomic E-state index is 4.06. The zero-order valence-electron chi connectivity index (χ0n) is 8.22. The molecule has 0 amide bonds. The van der Waals surface area contributed by atoms with Crippen molar-refractivity contribution in [2.75, 3.05) is 13.6 Å². The molecule has 1 aliphatic rings. The summed E-state index contributed by atoms with van der Waals surface area (Å²) in [7, 11) is 2.04. The molecule has 2 heteroatoms. The first-order valence-electron chi connectivity index (χ1n) is 4.38. The van der Waals surface area contributed by atoms with Gasteiger partial charge in [0.15, 0.2) is 0 Å². The minimum Gasteiger partial charge on any atom is -0.354 e. The molecule has 2 nitrogen and oxygen atoms in total. The van der Waals surface area contributed by atoms with Gasteiger partial charge in [-0.1, -0.05) is 12.7 Å². The molecular formula is C10H18N2. The van der Waals surface area contributed by atoms with E-state index in [1.165, 1.54) is 0 Å². The molecule has 0 saturated carbocycles. The zero-order valence-corrected chi connectivity index (χ0v) is 8.22. The summed E-state index contributed by atoms with van der Waals surface area (Å²) in [5, 5.41) is 3.45. The summed E-state index contributed by atoms with van der Waals surface area (Å²) in [5.41, 5.74) is 1.12. The van der Waals surface area contributed by atoms with E-state index in [4.69, 9.17) is 0 Å². The Bertz CT molecular complexity index is 204. The van der Waals surface area contributed by atoms with Gasteiger partial charge in [-0.3, -0.25) is 0 Å². The highest BCUT2D eigenvalue weighted by Gasteiger charge is 2.23. The van der Waals surface area contributed by atoms with Crippen molar-refractivity contribution in [2.24, 2.45) is 0 Å². The SMILES string of the molecule is C=C1N(C)C=CCCNC1(C)C. The van der Waals surface area contributed by atoms with Crippen molar-refractivity contribution in [3.63, 3.8) is 0 Å². The van der Waals surface area contributed by atoms with E-state index in [0.29, 0.717) is 0 Å². The molecule has 0 aromatic carbocycles. The Balaban J connectivity index is 2.81. The van der Waals surface area contributed by atoms with Crippen molar-refractivity contribution in [2.45, 2.75) is 25.8 Å². The number of hydrogen-bond acceptors (Lipinski definition) is 2. The molecule has 1 rings (SSSR count). The molecule has 0 aromatic rings. The third kappa shape index (κ3) is 1.89. The number of likely N-dealkylation sites (N-methyl/N-ethyl adjacent to an activating group) is 1. The summed E-state index contributed by atoms with van der Waals surface area (Å²) in [6.07, 6.45) is 5.33. The highest BCUT2D eigenvalue weighted by Crippen LogP contribution is 2.18. The van der Waals surface area contributed by atoms with Crippen LogP contribution in [0, 0.1) is 0 Å². The Kier molecular flexibility index (Phi) is 2.58. The van der Waals surface area contributed by atoms with Crippen LogP contribution in [0.2, 0.25) is 0 Å². The van der Waals surface area contributed by atoms with Gasteiger partial charge in [0, 0.05) is 12.7 Å². The average molecular weight is 166 g/mol. The van der Waals surface area contributed by atoms with Crippen molar-refractivity contribution >= 4 is 0 Å². The fraction of sp³-hybridized carbons (Fsp3) is 0.600. The number of nitrogens with one attached hydrogen (secondary N) is 1. The highest BCUT2D eigenvalue weighted by atomic mass is 15.1. The monoisotopic (exact) mass is 166 g/mol. The van der Waals surface area contributed by atoms with Crippen LogP contribution in [0.15, 0.2) is 24.6 Å². The minimum atomic E-state index is 0.0134. The van der Waals surface area contributed by atoms with E-state index in [0.717, 1.165) is 18.7 Å². The lowest BCUT2D eigenvalue weighted by Crippen LogP contribution is -2.45. The summed E-state index contributed by atoms with van der Waals surface area (Å²) >= 11 is 0. The van der Waals surface area contributed by atoms with Crippen molar-refractivity contribution < 1.29 is 0 Å². The molecule has 1 aliphatic heterocycles. The first-order valence-corrected chi connectivity index (χ1v) is 4.38. The standard InChI is InChI=1S/C10H18N2/c1-9-10(2,3)11-7-5-6-8-12(9)4/h6,8,11H,1,5,7H2,2-4H3. The molecule has 68 valence electrons. The molecule has 0 bridgehead atoms. The van der Waals surface area contributed by atoms with Crippen molar-refractivity contribution in [1.82, 2.24) is 10.2 Å². The second-order valence-corrected chi connectivity index (χ2v) is 3.78. The summed E-state index contributed by atoms with van der Waals surface area (Å²) in [6.45, 7) is 9.40. The molecule has 1 heterocycles. The summed E-state index contributed by atoms with van der Waals surface area (Å²) in [5.74, 6) is 0. The van der Waals surface area contributed by atoms with Gasteiger partial charge in [0.2, 0.25) is 0 Å². The third-order valence-electron chi connectivity index (χ3n) is 2.35. The second kappa shape index (κ2) is 3.31. The van der Waals surface area contributed by atoms with Crippen LogP contribution in [0.5, 0.6) is 0 Å². The van der Waals surface area contributed by atoms with E-state index >= 15 is 0 Å². The highest BCUT2D eigenvalue weighted by molar-refractivity contribution is 5.15. The van der Waals surface area contributed by atoms with Gasteiger partial charge in [0.1, 0.15) is 0 Å². The van der Waals surface area contributed by atoms with Crippen LogP contribution in [0.1, 0.15) is 20.3 Å². The number of nitrogens with zero attached hydrogens (tertiary/aromatic N) is 1. The maximum atomic E-state index is 4.06. The van der Waals surface area contributed by atoms with Crippen molar-refractivity contribution in [3.8, 4) is 0 Å². The largest absolute Gasteiger partial charge is 0.354 e. The molecule has 0 radical (unpaired) electrons. The lowest BCUT2D eigenvalue weighted by atomic mass is 10.00. The van der Waals surface area contributed by atoms with E-state index in [1.54, 1.807) is 0 Å². The molecule has 0 unspecified atom stereocenters. The molecule has 0 atom stereocenters. The van der Waals surface area contributed by atoms with E-state index < -0.39 is 0 Å². The van der Waals surface area contributed by atoms with Gasteiger partial charge in [-0.2, -0.15) is 0 Å². The van der Waals surface area contributed by atoms with Crippen LogP contribution < -0.4 is 5.32 Å². The molecule has 0 saturated heterocycles. The third-order valence-corrected chi connectivity index (χ3v) is 2.35. The van der Waals surface area contributed by atoms with E-state index in [1.807, 2.05) is 7.05 Å². The summed E-state index contributed by atoms with van der Waals surface area (Å²) < 4.78 is 0. The van der Waals surface area contributed by atoms with Gasteiger partial charge < -0.3 is 10.2 Å². The van der Waals surface area contributed by atoms with Crippen LogP contribution in [-0.2, 0) is 0 Å². The number of hydrogen-bond donors (Lipinski definition) is 1. The Morgan fingerprint density at radius 3 is 2.92 bits per heavy atom. The van der Waals surface area contributed by atoms with E-state index in [-0.39, 0.29) is 5.54 Å². The fourth-order valence-corrected chi connectivity index (χ4v) is 1.33. The normalized spacial score (nSPS) is 23.6. The quantitative estimate of drug-likeness (QED) is 0.589. The summed E-state index contributed by atoms with van der Waals surface area (Å²) in [4.78, 5) is 2.08. The molecule has 0 aliphatic carbocycles. The predicted molar refractivity (Wildman–Crippen MR) is 52.7 cm³/mol. The molecular weight excluding hydrogens is 148 g/mol. The van der Waals surface area contributed by atoms with Crippen LogP contribution in [0.25, 0.3) is 0 Å². The minimum absolute atomic E-state index is 0.0134. The number of rotatable bonds is 0. The van der Waals surface area contributed by atoms with Crippen LogP contribution >= 0.6 is 0 Å².